The van der Waals surface area contributed by atoms with E-state index < -0.39 is 0 Å². The Bertz CT molecular complexity index is 613. The molecule has 144 valence electrons. The highest BCUT2D eigenvalue weighted by molar-refractivity contribution is 6.31. The summed E-state index contributed by atoms with van der Waals surface area (Å²) in [5.74, 6) is 0.198. The lowest BCUT2D eigenvalue weighted by atomic mass is 9.96. The van der Waals surface area contributed by atoms with Crippen LogP contribution < -0.4 is 10.6 Å². The van der Waals surface area contributed by atoms with Crippen LogP contribution in [0.3, 0.4) is 0 Å². The van der Waals surface area contributed by atoms with Crippen molar-refractivity contribution >= 4 is 29.1 Å². The Balaban J connectivity index is 1.71. The number of benzene rings is 1. The number of likely N-dealkylation sites (tertiary alicyclic amines) is 1. The minimum absolute atomic E-state index is 0.0437. The smallest absolute Gasteiger partial charge is 0.238 e. The van der Waals surface area contributed by atoms with Gasteiger partial charge in [-0.1, -0.05) is 37.4 Å². The van der Waals surface area contributed by atoms with E-state index in [2.05, 4.69) is 22.5 Å². The van der Waals surface area contributed by atoms with E-state index in [0.717, 1.165) is 63.0 Å². The van der Waals surface area contributed by atoms with Crippen molar-refractivity contribution in [3.05, 3.63) is 28.8 Å². The maximum Gasteiger partial charge on any atom is 0.238 e. The van der Waals surface area contributed by atoms with E-state index in [1.807, 2.05) is 19.1 Å². The van der Waals surface area contributed by atoms with Gasteiger partial charge in [-0.05, 0) is 57.0 Å². The number of anilines is 1. The number of piperidine rings is 1. The molecule has 0 saturated carbocycles. The lowest BCUT2D eigenvalue weighted by molar-refractivity contribution is -0.126. The first-order valence-electron chi connectivity index (χ1n) is 9.55. The maximum atomic E-state index is 12.3. The summed E-state index contributed by atoms with van der Waals surface area (Å²) in [5, 5.41) is 6.57. The second-order valence-corrected chi connectivity index (χ2v) is 7.49. The van der Waals surface area contributed by atoms with Gasteiger partial charge in [0.25, 0.3) is 0 Å². The zero-order chi connectivity index (χ0) is 18.9. The summed E-state index contributed by atoms with van der Waals surface area (Å²) in [6.07, 6.45) is 4.97. The van der Waals surface area contributed by atoms with Crippen molar-refractivity contribution in [2.45, 2.75) is 46.0 Å². The number of hydrogen-bond acceptors (Lipinski definition) is 3. The van der Waals surface area contributed by atoms with Gasteiger partial charge in [-0.25, -0.2) is 0 Å². The van der Waals surface area contributed by atoms with Crippen LogP contribution in [-0.2, 0) is 9.59 Å². The Morgan fingerprint density at radius 2 is 1.96 bits per heavy atom. The van der Waals surface area contributed by atoms with Gasteiger partial charge in [-0.15, -0.1) is 0 Å². The van der Waals surface area contributed by atoms with Crippen molar-refractivity contribution in [3.8, 4) is 0 Å². The Labute approximate surface area is 161 Å². The number of halogens is 1. The third-order valence-electron chi connectivity index (χ3n) is 4.88. The zero-order valence-electron chi connectivity index (χ0n) is 15.8. The first-order chi connectivity index (χ1) is 12.5. The summed E-state index contributed by atoms with van der Waals surface area (Å²) in [6.45, 7) is 6.76. The molecule has 0 aromatic heterocycles. The fourth-order valence-corrected chi connectivity index (χ4v) is 3.38. The number of aryl methyl sites for hydroxylation is 1. The van der Waals surface area contributed by atoms with Gasteiger partial charge in [-0.3, -0.25) is 14.5 Å². The fourth-order valence-electron chi connectivity index (χ4n) is 3.21. The minimum Gasteiger partial charge on any atom is -0.356 e. The average molecular weight is 380 g/mol. The standard InChI is InChI=1S/C20H30ClN3O2/c1-3-4-5-10-22-20(26)16-8-11-24(12-9-16)14-19(25)23-18-13-17(21)7-6-15(18)2/h6-7,13,16H,3-5,8-12,14H2,1-2H3,(H,22,26)(H,23,25). The maximum absolute atomic E-state index is 12.3. The molecule has 5 nitrogen and oxygen atoms in total. The van der Waals surface area contributed by atoms with Gasteiger partial charge >= 0.3 is 0 Å². The average Bonchev–Trinajstić information content (AvgIpc) is 2.62. The summed E-state index contributed by atoms with van der Waals surface area (Å²) >= 11 is 5.99. The van der Waals surface area contributed by atoms with Crippen LogP contribution in [0.1, 0.15) is 44.6 Å². The monoisotopic (exact) mass is 379 g/mol. The molecule has 0 radical (unpaired) electrons. The van der Waals surface area contributed by atoms with Crippen molar-refractivity contribution < 1.29 is 9.59 Å². The van der Waals surface area contributed by atoms with E-state index >= 15 is 0 Å². The predicted octanol–water partition coefficient (Wildman–Crippen LogP) is 3.61. The molecular formula is C20H30ClN3O2. The Morgan fingerprint density at radius 1 is 1.23 bits per heavy atom. The highest BCUT2D eigenvalue weighted by Gasteiger charge is 2.25. The van der Waals surface area contributed by atoms with Crippen LogP contribution in [0.15, 0.2) is 18.2 Å². The van der Waals surface area contributed by atoms with Gasteiger partial charge < -0.3 is 10.6 Å². The van der Waals surface area contributed by atoms with Crippen LogP contribution in [0.2, 0.25) is 5.02 Å². The lowest BCUT2D eigenvalue weighted by Gasteiger charge is -2.30. The molecule has 1 aromatic rings. The summed E-state index contributed by atoms with van der Waals surface area (Å²) in [4.78, 5) is 26.6. The number of nitrogens with one attached hydrogen (secondary N) is 2. The number of carbonyl (C=O) groups is 2. The van der Waals surface area contributed by atoms with Crippen LogP contribution in [0.5, 0.6) is 0 Å². The molecule has 0 bridgehead atoms. The van der Waals surface area contributed by atoms with Crippen molar-refractivity contribution in [2.75, 3.05) is 31.5 Å². The fraction of sp³-hybridized carbons (Fsp3) is 0.600. The van der Waals surface area contributed by atoms with Crippen molar-refractivity contribution in [1.29, 1.82) is 0 Å². The second-order valence-electron chi connectivity index (χ2n) is 7.06. The molecule has 1 aliphatic heterocycles. The predicted molar refractivity (Wildman–Crippen MR) is 107 cm³/mol. The molecule has 0 unspecified atom stereocenters. The van der Waals surface area contributed by atoms with Crippen LogP contribution in [-0.4, -0.2) is 42.9 Å². The van der Waals surface area contributed by atoms with Gasteiger partial charge in [0.05, 0.1) is 6.54 Å². The van der Waals surface area contributed by atoms with Gasteiger partial charge in [0.15, 0.2) is 0 Å². The molecule has 0 spiro atoms. The quantitative estimate of drug-likeness (QED) is 0.678. The molecule has 2 amide bonds. The minimum atomic E-state index is -0.0437. The Hall–Kier alpha value is -1.59. The molecule has 1 aromatic carbocycles. The van der Waals surface area contributed by atoms with Gasteiger partial charge in [0, 0.05) is 23.2 Å². The second kappa shape index (κ2) is 10.5. The summed E-state index contributed by atoms with van der Waals surface area (Å²) in [5.41, 5.74) is 1.74. The van der Waals surface area contributed by atoms with Crippen molar-refractivity contribution in [1.82, 2.24) is 10.2 Å². The third-order valence-corrected chi connectivity index (χ3v) is 5.11. The summed E-state index contributed by atoms with van der Waals surface area (Å²) in [6, 6.07) is 5.47. The summed E-state index contributed by atoms with van der Waals surface area (Å²) in [7, 11) is 0. The number of hydrogen-bond donors (Lipinski definition) is 2. The van der Waals surface area contributed by atoms with E-state index in [0.29, 0.717) is 11.6 Å². The number of amides is 2. The first kappa shape index (κ1) is 20.7. The molecule has 1 heterocycles. The molecule has 0 aliphatic carbocycles. The molecule has 0 atom stereocenters. The molecule has 1 fully saturated rings. The van der Waals surface area contributed by atoms with Crippen LogP contribution in [0.25, 0.3) is 0 Å². The van der Waals surface area contributed by atoms with Crippen LogP contribution in [0.4, 0.5) is 5.69 Å². The van der Waals surface area contributed by atoms with Crippen LogP contribution in [0, 0.1) is 12.8 Å². The van der Waals surface area contributed by atoms with Gasteiger partial charge in [0.2, 0.25) is 11.8 Å². The van der Waals surface area contributed by atoms with Gasteiger partial charge in [-0.2, -0.15) is 0 Å². The molecule has 2 rings (SSSR count). The molecule has 1 saturated heterocycles. The number of nitrogens with zero attached hydrogens (tertiary/aromatic N) is 1. The third kappa shape index (κ3) is 6.61. The van der Waals surface area contributed by atoms with E-state index in [1.165, 1.54) is 0 Å². The van der Waals surface area contributed by atoms with E-state index in [-0.39, 0.29) is 17.7 Å². The first-order valence-corrected chi connectivity index (χ1v) is 9.93. The number of unbranched alkanes of at least 4 members (excludes halogenated alkanes) is 2. The molecule has 6 heteroatoms. The zero-order valence-corrected chi connectivity index (χ0v) is 16.6. The van der Waals surface area contributed by atoms with E-state index in [4.69, 9.17) is 11.6 Å². The Morgan fingerprint density at radius 3 is 2.65 bits per heavy atom. The topological polar surface area (TPSA) is 61.4 Å². The molecular weight excluding hydrogens is 350 g/mol. The summed E-state index contributed by atoms with van der Waals surface area (Å²) < 4.78 is 0. The number of carbonyl (C=O) groups excluding carboxylic acids is 2. The normalized spacial score (nSPS) is 15.7. The van der Waals surface area contributed by atoms with E-state index in [1.54, 1.807) is 6.07 Å². The highest BCUT2D eigenvalue weighted by Crippen LogP contribution is 2.21. The molecule has 1 aliphatic rings. The van der Waals surface area contributed by atoms with E-state index in [9.17, 15) is 9.59 Å². The largest absolute Gasteiger partial charge is 0.356 e. The van der Waals surface area contributed by atoms with Gasteiger partial charge in [0.1, 0.15) is 0 Å². The highest BCUT2D eigenvalue weighted by atomic mass is 35.5. The Kier molecular flexibility index (Phi) is 8.39. The lowest BCUT2D eigenvalue weighted by Crippen LogP contribution is -2.43. The molecule has 26 heavy (non-hydrogen) atoms. The van der Waals surface area contributed by atoms with Crippen molar-refractivity contribution in [3.63, 3.8) is 0 Å². The SMILES string of the molecule is CCCCCNC(=O)C1CCN(CC(=O)Nc2cc(Cl)ccc2C)CC1. The van der Waals surface area contributed by atoms with Crippen molar-refractivity contribution in [2.24, 2.45) is 5.92 Å². The number of rotatable bonds is 8. The molecule has 2 N–H and O–H groups in total. The van der Waals surface area contributed by atoms with Crippen LogP contribution >= 0.6 is 11.6 Å².